The van der Waals surface area contributed by atoms with Crippen LogP contribution in [0.4, 0.5) is 0 Å². The van der Waals surface area contributed by atoms with Crippen molar-refractivity contribution in [3.63, 3.8) is 0 Å². The zero-order valence-corrected chi connectivity index (χ0v) is 14.6. The summed E-state index contributed by atoms with van der Waals surface area (Å²) in [6.45, 7) is 4.03. The first-order chi connectivity index (χ1) is 11.0. The number of nitrogens with one attached hydrogen (secondary N) is 2. The van der Waals surface area contributed by atoms with Crippen LogP contribution >= 0.6 is 11.8 Å². The van der Waals surface area contributed by atoms with Crippen LogP contribution in [0.5, 0.6) is 0 Å². The Hall–Kier alpha value is -2.02. The number of thioether (sulfide) groups is 1. The van der Waals surface area contributed by atoms with Gasteiger partial charge in [0, 0.05) is 13.2 Å². The number of imidazole rings is 1. The smallest absolute Gasteiger partial charge is 0.272 e. The van der Waals surface area contributed by atoms with Crippen LogP contribution in [-0.2, 0) is 4.79 Å². The van der Waals surface area contributed by atoms with Crippen LogP contribution in [0.15, 0.2) is 29.6 Å². The van der Waals surface area contributed by atoms with Crippen molar-refractivity contribution in [2.75, 3.05) is 13.3 Å². The first-order valence-corrected chi connectivity index (χ1v) is 8.74. The molecule has 7 heteroatoms. The van der Waals surface area contributed by atoms with E-state index in [1.165, 1.54) is 11.8 Å². The Morgan fingerprint density at radius 2 is 2.09 bits per heavy atom. The van der Waals surface area contributed by atoms with E-state index in [0.29, 0.717) is 12.1 Å². The molecule has 2 amide bonds. The van der Waals surface area contributed by atoms with Crippen LogP contribution in [0.25, 0.3) is 5.52 Å². The first kappa shape index (κ1) is 17.3. The van der Waals surface area contributed by atoms with Crippen LogP contribution in [0.1, 0.15) is 30.8 Å². The number of carbonyl (C=O) groups is 2. The summed E-state index contributed by atoms with van der Waals surface area (Å²) in [5.74, 6) is -0.234. The minimum Gasteiger partial charge on any atom is -0.357 e. The highest BCUT2D eigenvalue weighted by Gasteiger charge is 2.24. The minimum atomic E-state index is -0.564. The van der Waals surface area contributed by atoms with Gasteiger partial charge in [0.15, 0.2) is 10.9 Å². The summed E-state index contributed by atoms with van der Waals surface area (Å²) in [4.78, 5) is 29.0. The molecule has 0 saturated carbocycles. The van der Waals surface area contributed by atoms with Gasteiger partial charge >= 0.3 is 0 Å². The maximum absolute atomic E-state index is 12.6. The molecule has 6 nitrogen and oxygen atoms in total. The lowest BCUT2D eigenvalue weighted by Crippen LogP contribution is -2.46. The van der Waals surface area contributed by atoms with Crippen molar-refractivity contribution >= 4 is 29.1 Å². The van der Waals surface area contributed by atoms with E-state index in [1.807, 2.05) is 48.9 Å². The number of rotatable bonds is 6. The lowest BCUT2D eigenvalue weighted by Gasteiger charge is -2.18. The molecule has 1 atom stereocenters. The standard InChI is InChI=1S/C16H22N4O2S/c1-10(2)9-11(14(21)17-3)18-15(22)13-12-7-5-6-8-20(12)16(19-13)23-4/h5-8,10-11H,9H2,1-4H3,(H,17,21)(H,18,22)/t11-/m0/s1. The molecule has 2 rings (SSSR count). The van der Waals surface area contributed by atoms with Gasteiger partial charge in [-0.3, -0.25) is 14.0 Å². The molecule has 0 saturated heterocycles. The van der Waals surface area contributed by atoms with Gasteiger partial charge in [0.1, 0.15) is 6.04 Å². The van der Waals surface area contributed by atoms with E-state index in [-0.39, 0.29) is 17.7 Å². The second kappa shape index (κ2) is 7.50. The topological polar surface area (TPSA) is 75.5 Å². The normalized spacial score (nSPS) is 12.4. The summed E-state index contributed by atoms with van der Waals surface area (Å²) in [5.41, 5.74) is 1.07. The molecule has 0 aliphatic carbocycles. The summed E-state index contributed by atoms with van der Waals surface area (Å²) in [6, 6.07) is 5.04. The molecule has 2 aromatic heterocycles. The van der Waals surface area contributed by atoms with Gasteiger partial charge in [0.05, 0.1) is 5.52 Å². The van der Waals surface area contributed by atoms with Crippen LogP contribution in [0.3, 0.4) is 0 Å². The molecule has 0 aliphatic heterocycles. The zero-order valence-electron chi connectivity index (χ0n) is 13.8. The van der Waals surface area contributed by atoms with Gasteiger partial charge in [-0.25, -0.2) is 4.98 Å². The Bertz CT molecular complexity index is 711. The van der Waals surface area contributed by atoms with Crippen LogP contribution < -0.4 is 10.6 Å². The summed E-state index contributed by atoms with van der Waals surface area (Å²) >= 11 is 1.47. The van der Waals surface area contributed by atoms with E-state index in [9.17, 15) is 9.59 Å². The molecular weight excluding hydrogens is 312 g/mol. The predicted molar refractivity (Wildman–Crippen MR) is 91.7 cm³/mol. The lowest BCUT2D eigenvalue weighted by atomic mass is 10.0. The molecule has 2 heterocycles. The summed E-state index contributed by atoms with van der Waals surface area (Å²) in [5, 5.41) is 6.15. The number of aromatic nitrogens is 2. The number of fused-ring (bicyclic) bond motifs is 1. The van der Waals surface area contributed by atoms with Crippen LogP contribution in [0, 0.1) is 5.92 Å². The second-order valence-corrected chi connectivity index (χ2v) is 6.45. The Kier molecular flexibility index (Phi) is 5.65. The molecule has 0 fully saturated rings. The largest absolute Gasteiger partial charge is 0.357 e. The van der Waals surface area contributed by atoms with E-state index >= 15 is 0 Å². The molecule has 124 valence electrons. The SMILES string of the molecule is CNC(=O)[C@H](CC(C)C)NC(=O)c1nc(SC)n2ccccc12. The van der Waals surface area contributed by atoms with Gasteiger partial charge in [-0.05, 0) is 30.7 Å². The molecule has 2 N–H and O–H groups in total. The van der Waals surface area contributed by atoms with Gasteiger partial charge in [0.25, 0.3) is 5.91 Å². The Balaban J connectivity index is 2.30. The number of amides is 2. The maximum Gasteiger partial charge on any atom is 0.272 e. The molecule has 0 radical (unpaired) electrons. The Labute approximate surface area is 140 Å². The van der Waals surface area contributed by atoms with Crippen molar-refractivity contribution in [2.45, 2.75) is 31.5 Å². The average Bonchev–Trinajstić information content (AvgIpc) is 2.92. The highest BCUT2D eigenvalue weighted by atomic mass is 32.2. The maximum atomic E-state index is 12.6. The van der Waals surface area contributed by atoms with E-state index in [4.69, 9.17) is 0 Å². The van der Waals surface area contributed by atoms with Gasteiger partial charge < -0.3 is 10.6 Å². The van der Waals surface area contributed by atoms with Crippen molar-refractivity contribution in [1.82, 2.24) is 20.0 Å². The van der Waals surface area contributed by atoms with E-state index in [1.54, 1.807) is 7.05 Å². The lowest BCUT2D eigenvalue weighted by molar-refractivity contribution is -0.122. The second-order valence-electron chi connectivity index (χ2n) is 5.67. The summed E-state index contributed by atoms with van der Waals surface area (Å²) < 4.78 is 1.87. The fourth-order valence-electron chi connectivity index (χ4n) is 2.42. The first-order valence-electron chi connectivity index (χ1n) is 7.51. The monoisotopic (exact) mass is 334 g/mol. The van der Waals surface area contributed by atoms with Crippen molar-refractivity contribution in [3.05, 3.63) is 30.1 Å². The molecule has 0 aliphatic rings. The molecule has 0 bridgehead atoms. The minimum absolute atomic E-state index is 0.194. The third-order valence-corrected chi connectivity index (χ3v) is 4.14. The van der Waals surface area contributed by atoms with Crippen molar-refractivity contribution in [1.29, 1.82) is 0 Å². The van der Waals surface area contributed by atoms with Crippen molar-refractivity contribution in [2.24, 2.45) is 5.92 Å². The van der Waals surface area contributed by atoms with Crippen molar-refractivity contribution in [3.8, 4) is 0 Å². The fourth-order valence-corrected chi connectivity index (χ4v) is 2.96. The molecule has 0 aromatic carbocycles. The van der Waals surface area contributed by atoms with Gasteiger partial charge in [-0.15, -0.1) is 0 Å². The number of likely N-dealkylation sites (N-methyl/N-ethyl adjacent to an activating group) is 1. The van der Waals surface area contributed by atoms with Gasteiger partial charge in [-0.1, -0.05) is 31.7 Å². The molecule has 0 unspecified atom stereocenters. The van der Waals surface area contributed by atoms with Crippen LogP contribution in [-0.4, -0.2) is 40.5 Å². The van der Waals surface area contributed by atoms with Gasteiger partial charge in [0.2, 0.25) is 5.91 Å². The molecule has 2 aromatic rings. The predicted octanol–water partition coefficient (Wildman–Crippen LogP) is 1.95. The number of pyridine rings is 1. The fraction of sp³-hybridized carbons (Fsp3) is 0.438. The quantitative estimate of drug-likeness (QED) is 0.792. The zero-order chi connectivity index (χ0) is 17.0. The average molecular weight is 334 g/mol. The highest BCUT2D eigenvalue weighted by Crippen LogP contribution is 2.20. The number of hydrogen-bond acceptors (Lipinski definition) is 4. The Morgan fingerprint density at radius 3 is 2.70 bits per heavy atom. The highest BCUT2D eigenvalue weighted by molar-refractivity contribution is 7.98. The molecular formula is C16H22N4O2S. The molecule has 23 heavy (non-hydrogen) atoms. The number of nitrogens with zero attached hydrogens (tertiary/aromatic N) is 2. The Morgan fingerprint density at radius 1 is 1.35 bits per heavy atom. The van der Waals surface area contributed by atoms with E-state index < -0.39 is 6.04 Å². The summed E-state index contributed by atoms with van der Waals surface area (Å²) in [7, 11) is 1.57. The third-order valence-electron chi connectivity index (χ3n) is 3.49. The third kappa shape index (κ3) is 3.85. The van der Waals surface area contributed by atoms with Crippen LogP contribution in [0.2, 0.25) is 0 Å². The number of hydrogen-bond donors (Lipinski definition) is 2. The van der Waals surface area contributed by atoms with E-state index in [0.717, 1.165) is 10.7 Å². The van der Waals surface area contributed by atoms with Crippen molar-refractivity contribution < 1.29 is 9.59 Å². The van der Waals surface area contributed by atoms with Gasteiger partial charge in [-0.2, -0.15) is 0 Å². The number of carbonyl (C=O) groups excluding carboxylic acids is 2. The molecule has 0 spiro atoms. The summed E-state index contributed by atoms with van der Waals surface area (Å²) in [6.07, 6.45) is 4.36. The van der Waals surface area contributed by atoms with E-state index in [2.05, 4.69) is 15.6 Å².